The number of carboxylic acid groups (broad SMARTS) is 1. The zero-order valence-corrected chi connectivity index (χ0v) is 8.02. The number of hydrogen-bond donors (Lipinski definition) is 2. The van der Waals surface area contributed by atoms with Crippen LogP contribution >= 0.6 is 0 Å². The Morgan fingerprint density at radius 1 is 1.50 bits per heavy atom. The highest BCUT2D eigenvalue weighted by atomic mass is 16.5. The smallest absolute Gasteiger partial charge is 0.310 e. The minimum atomic E-state index is -0.978. The molecule has 1 atom stereocenters. The summed E-state index contributed by atoms with van der Waals surface area (Å²) in [5.74, 6) is -1.22. The molecule has 0 heterocycles. The topological polar surface area (TPSA) is 66.8 Å². The third-order valence-electron chi connectivity index (χ3n) is 2.07. The summed E-state index contributed by atoms with van der Waals surface area (Å²) < 4.78 is 4.94. The van der Waals surface area contributed by atoms with Crippen molar-refractivity contribution >= 4 is 5.97 Å². The van der Waals surface area contributed by atoms with E-state index in [1.54, 1.807) is 6.07 Å². The predicted octanol–water partition coefficient (Wildman–Crippen LogP) is 1.59. The summed E-state index contributed by atoms with van der Waals surface area (Å²) in [4.78, 5) is 10.7. The van der Waals surface area contributed by atoms with Gasteiger partial charge in [0.2, 0.25) is 0 Å². The van der Waals surface area contributed by atoms with Crippen LogP contribution in [0.15, 0.2) is 18.2 Å². The molecule has 0 spiro atoms. The van der Waals surface area contributed by atoms with E-state index in [4.69, 9.17) is 9.84 Å². The maximum absolute atomic E-state index is 10.7. The number of benzene rings is 1. The molecule has 0 saturated carbocycles. The minimum Gasteiger partial charge on any atom is -0.508 e. The summed E-state index contributed by atoms with van der Waals surface area (Å²) in [6, 6.07) is 4.52. The Labute approximate surface area is 81.8 Å². The van der Waals surface area contributed by atoms with Gasteiger partial charge >= 0.3 is 5.97 Å². The van der Waals surface area contributed by atoms with Crippen LogP contribution in [0.1, 0.15) is 18.4 Å². The van der Waals surface area contributed by atoms with Crippen molar-refractivity contribution in [2.24, 2.45) is 0 Å². The lowest BCUT2D eigenvalue weighted by molar-refractivity contribution is -0.138. The first-order valence-corrected chi connectivity index (χ1v) is 4.16. The van der Waals surface area contributed by atoms with Crippen molar-refractivity contribution < 1.29 is 19.7 Å². The van der Waals surface area contributed by atoms with Crippen LogP contribution in [0.5, 0.6) is 11.5 Å². The molecule has 0 aliphatic carbocycles. The summed E-state index contributed by atoms with van der Waals surface area (Å²) in [7, 11) is 1.49. The molecule has 1 aromatic rings. The molecular formula is C10H12O4. The molecule has 0 saturated heterocycles. The molecule has 76 valence electrons. The van der Waals surface area contributed by atoms with Crippen LogP contribution in [-0.2, 0) is 4.79 Å². The van der Waals surface area contributed by atoms with Crippen LogP contribution < -0.4 is 4.74 Å². The molecule has 1 aromatic carbocycles. The highest BCUT2D eigenvalue weighted by molar-refractivity contribution is 5.76. The molecule has 0 amide bonds. The zero-order chi connectivity index (χ0) is 10.7. The molecule has 2 N–H and O–H groups in total. The Morgan fingerprint density at radius 2 is 2.14 bits per heavy atom. The lowest BCUT2D eigenvalue weighted by Crippen LogP contribution is -2.07. The fourth-order valence-corrected chi connectivity index (χ4v) is 1.14. The van der Waals surface area contributed by atoms with E-state index in [-0.39, 0.29) is 5.75 Å². The van der Waals surface area contributed by atoms with Gasteiger partial charge in [0.15, 0.2) is 0 Å². The van der Waals surface area contributed by atoms with Crippen LogP contribution in [0.2, 0.25) is 0 Å². The van der Waals surface area contributed by atoms with Crippen molar-refractivity contribution in [1.82, 2.24) is 0 Å². The molecule has 14 heavy (non-hydrogen) atoms. The van der Waals surface area contributed by atoms with Gasteiger partial charge in [0.1, 0.15) is 11.5 Å². The molecule has 1 unspecified atom stereocenters. The maximum atomic E-state index is 10.7. The number of phenolic OH excluding ortho intramolecular Hbond substituents is 1. The third kappa shape index (κ3) is 1.96. The minimum absolute atomic E-state index is 0.0271. The number of ether oxygens (including phenoxy) is 1. The van der Waals surface area contributed by atoms with Gasteiger partial charge in [-0.25, -0.2) is 0 Å². The number of aromatic hydroxyl groups is 1. The molecule has 0 bridgehead atoms. The number of carbonyl (C=O) groups is 1. The third-order valence-corrected chi connectivity index (χ3v) is 2.07. The average Bonchev–Trinajstić information content (AvgIpc) is 2.17. The largest absolute Gasteiger partial charge is 0.508 e. The standard InChI is InChI=1S/C10H12O4/c1-6(10(12)13)8-5-7(14-2)3-4-9(8)11/h3-6,11H,1-2H3,(H,12,13). The van der Waals surface area contributed by atoms with Crippen LogP contribution in [0, 0.1) is 0 Å². The molecule has 4 nitrogen and oxygen atoms in total. The van der Waals surface area contributed by atoms with Gasteiger partial charge in [-0.1, -0.05) is 0 Å². The first-order chi connectivity index (χ1) is 6.56. The summed E-state index contributed by atoms with van der Waals surface area (Å²) in [5, 5.41) is 18.2. The van der Waals surface area contributed by atoms with E-state index in [0.29, 0.717) is 11.3 Å². The summed E-state index contributed by atoms with van der Waals surface area (Å²) in [5.41, 5.74) is 0.358. The molecule has 0 aliphatic heterocycles. The SMILES string of the molecule is COc1ccc(O)c(C(C)C(=O)O)c1. The number of carboxylic acids is 1. The Balaban J connectivity index is 3.11. The van der Waals surface area contributed by atoms with Crippen molar-refractivity contribution in [3.05, 3.63) is 23.8 Å². The van der Waals surface area contributed by atoms with Gasteiger partial charge < -0.3 is 14.9 Å². The van der Waals surface area contributed by atoms with Gasteiger partial charge in [-0.05, 0) is 25.1 Å². The number of phenols is 1. The summed E-state index contributed by atoms with van der Waals surface area (Å²) in [6.07, 6.45) is 0. The van der Waals surface area contributed by atoms with Crippen LogP contribution in [-0.4, -0.2) is 23.3 Å². The fraction of sp³-hybridized carbons (Fsp3) is 0.300. The molecule has 0 aliphatic rings. The Morgan fingerprint density at radius 3 is 2.64 bits per heavy atom. The fourth-order valence-electron chi connectivity index (χ4n) is 1.14. The number of rotatable bonds is 3. The van der Waals surface area contributed by atoms with Gasteiger partial charge in [-0.2, -0.15) is 0 Å². The summed E-state index contributed by atoms with van der Waals surface area (Å²) >= 11 is 0. The monoisotopic (exact) mass is 196 g/mol. The van der Waals surface area contributed by atoms with E-state index >= 15 is 0 Å². The molecule has 0 aromatic heterocycles. The first kappa shape index (κ1) is 10.4. The van der Waals surface area contributed by atoms with E-state index in [0.717, 1.165) is 0 Å². The van der Waals surface area contributed by atoms with Gasteiger partial charge in [-0.15, -0.1) is 0 Å². The van der Waals surface area contributed by atoms with E-state index in [1.807, 2.05) is 0 Å². The van der Waals surface area contributed by atoms with Crippen molar-refractivity contribution in [1.29, 1.82) is 0 Å². The number of methoxy groups -OCH3 is 1. The van der Waals surface area contributed by atoms with Crippen molar-refractivity contribution in [2.45, 2.75) is 12.8 Å². The molecule has 0 fully saturated rings. The second kappa shape index (κ2) is 4.00. The second-order valence-electron chi connectivity index (χ2n) is 2.98. The van der Waals surface area contributed by atoms with Crippen LogP contribution in [0.4, 0.5) is 0 Å². The van der Waals surface area contributed by atoms with E-state index < -0.39 is 11.9 Å². The Bertz CT molecular complexity index is 346. The van der Waals surface area contributed by atoms with Gasteiger partial charge in [-0.3, -0.25) is 4.79 Å². The Hall–Kier alpha value is -1.71. The van der Waals surface area contributed by atoms with Gasteiger partial charge in [0.25, 0.3) is 0 Å². The van der Waals surface area contributed by atoms with E-state index in [1.165, 1.54) is 26.2 Å². The average molecular weight is 196 g/mol. The highest BCUT2D eigenvalue weighted by Crippen LogP contribution is 2.29. The van der Waals surface area contributed by atoms with E-state index in [9.17, 15) is 9.90 Å². The maximum Gasteiger partial charge on any atom is 0.310 e. The quantitative estimate of drug-likeness (QED) is 0.770. The number of aliphatic carboxylic acids is 1. The normalized spacial score (nSPS) is 12.1. The molecule has 1 rings (SSSR count). The number of hydrogen-bond acceptors (Lipinski definition) is 3. The van der Waals surface area contributed by atoms with Crippen molar-refractivity contribution in [3.63, 3.8) is 0 Å². The highest BCUT2D eigenvalue weighted by Gasteiger charge is 2.17. The molecular weight excluding hydrogens is 184 g/mol. The molecule has 0 radical (unpaired) electrons. The zero-order valence-electron chi connectivity index (χ0n) is 8.02. The lowest BCUT2D eigenvalue weighted by atomic mass is 10.0. The van der Waals surface area contributed by atoms with Crippen molar-refractivity contribution in [2.75, 3.05) is 7.11 Å². The van der Waals surface area contributed by atoms with Crippen molar-refractivity contribution in [3.8, 4) is 11.5 Å². The summed E-state index contributed by atoms with van der Waals surface area (Å²) in [6.45, 7) is 1.51. The lowest BCUT2D eigenvalue weighted by Gasteiger charge is -2.10. The van der Waals surface area contributed by atoms with Crippen LogP contribution in [0.3, 0.4) is 0 Å². The predicted molar refractivity (Wildman–Crippen MR) is 50.7 cm³/mol. The molecule has 4 heteroatoms. The van der Waals surface area contributed by atoms with Crippen LogP contribution in [0.25, 0.3) is 0 Å². The van der Waals surface area contributed by atoms with E-state index in [2.05, 4.69) is 0 Å². The second-order valence-corrected chi connectivity index (χ2v) is 2.98. The first-order valence-electron chi connectivity index (χ1n) is 4.16. The Kier molecular flexibility index (Phi) is 2.96. The van der Waals surface area contributed by atoms with Gasteiger partial charge in [0, 0.05) is 5.56 Å². The van der Waals surface area contributed by atoms with Gasteiger partial charge in [0.05, 0.1) is 13.0 Å².